The first kappa shape index (κ1) is 13.1. The molecule has 0 amide bonds. The van der Waals surface area contributed by atoms with Gasteiger partial charge in [0, 0.05) is 11.0 Å². The van der Waals surface area contributed by atoms with Crippen LogP contribution >= 0.6 is 11.8 Å². The highest BCUT2D eigenvalue weighted by atomic mass is 32.2. The maximum absolute atomic E-state index is 10.5. The van der Waals surface area contributed by atoms with E-state index in [9.17, 15) is 4.79 Å². The van der Waals surface area contributed by atoms with Crippen molar-refractivity contribution in [2.45, 2.75) is 37.7 Å². The molecule has 16 heavy (non-hydrogen) atoms. The van der Waals surface area contributed by atoms with E-state index >= 15 is 0 Å². The molecular weight excluding hydrogens is 220 g/mol. The fraction of sp³-hybridized carbons (Fsp3) is 0.462. The SMILES string of the molecule is CCC(C)SCc1ccc(CC(=O)O)cc1. The average molecular weight is 238 g/mol. The first-order valence-electron chi connectivity index (χ1n) is 5.53. The van der Waals surface area contributed by atoms with Crippen LogP contribution in [0.5, 0.6) is 0 Å². The highest BCUT2D eigenvalue weighted by Crippen LogP contribution is 2.19. The molecule has 0 fully saturated rings. The molecule has 0 bridgehead atoms. The van der Waals surface area contributed by atoms with Crippen molar-refractivity contribution >= 4 is 17.7 Å². The molecule has 0 aliphatic heterocycles. The second-order valence-electron chi connectivity index (χ2n) is 3.92. The second-order valence-corrected chi connectivity index (χ2v) is 5.34. The van der Waals surface area contributed by atoms with Crippen molar-refractivity contribution in [3.63, 3.8) is 0 Å². The van der Waals surface area contributed by atoms with Crippen LogP contribution in [-0.2, 0) is 17.0 Å². The molecule has 0 spiro atoms. The molecule has 3 heteroatoms. The van der Waals surface area contributed by atoms with Gasteiger partial charge < -0.3 is 5.11 Å². The number of carbonyl (C=O) groups is 1. The third kappa shape index (κ3) is 4.71. The number of thioether (sulfide) groups is 1. The quantitative estimate of drug-likeness (QED) is 0.826. The molecule has 1 aromatic carbocycles. The van der Waals surface area contributed by atoms with Crippen LogP contribution in [0.2, 0.25) is 0 Å². The van der Waals surface area contributed by atoms with E-state index in [0.29, 0.717) is 5.25 Å². The van der Waals surface area contributed by atoms with Crippen LogP contribution in [0.1, 0.15) is 31.4 Å². The van der Waals surface area contributed by atoms with Gasteiger partial charge in [-0.25, -0.2) is 0 Å². The molecule has 0 aliphatic carbocycles. The number of carboxylic acid groups (broad SMARTS) is 1. The largest absolute Gasteiger partial charge is 0.481 e. The Bertz CT molecular complexity index is 332. The molecule has 1 atom stereocenters. The molecule has 1 N–H and O–H groups in total. The fourth-order valence-corrected chi connectivity index (χ4v) is 2.19. The zero-order chi connectivity index (χ0) is 12.0. The molecule has 0 radical (unpaired) electrons. The van der Waals surface area contributed by atoms with Gasteiger partial charge in [0.25, 0.3) is 0 Å². The van der Waals surface area contributed by atoms with E-state index in [2.05, 4.69) is 13.8 Å². The van der Waals surface area contributed by atoms with E-state index in [1.54, 1.807) is 0 Å². The molecule has 1 rings (SSSR count). The Morgan fingerprint density at radius 2 is 1.88 bits per heavy atom. The summed E-state index contributed by atoms with van der Waals surface area (Å²) < 4.78 is 0. The smallest absolute Gasteiger partial charge is 0.307 e. The van der Waals surface area contributed by atoms with Crippen molar-refractivity contribution in [2.75, 3.05) is 0 Å². The van der Waals surface area contributed by atoms with Crippen molar-refractivity contribution in [3.8, 4) is 0 Å². The Hall–Kier alpha value is -0.960. The fourth-order valence-electron chi connectivity index (χ4n) is 1.28. The first-order valence-corrected chi connectivity index (χ1v) is 6.58. The van der Waals surface area contributed by atoms with Crippen LogP contribution in [0.4, 0.5) is 0 Å². The molecule has 2 nitrogen and oxygen atoms in total. The summed E-state index contributed by atoms with van der Waals surface area (Å²) in [5.41, 5.74) is 2.13. The minimum absolute atomic E-state index is 0.110. The molecule has 0 aliphatic rings. The van der Waals surface area contributed by atoms with Gasteiger partial charge in [0.05, 0.1) is 6.42 Å². The zero-order valence-electron chi connectivity index (χ0n) is 9.77. The molecule has 0 saturated carbocycles. The molecule has 88 valence electrons. The van der Waals surface area contributed by atoms with Gasteiger partial charge in [0.15, 0.2) is 0 Å². The third-order valence-corrected chi connectivity index (χ3v) is 3.89. The molecule has 1 aromatic rings. The lowest BCUT2D eigenvalue weighted by Gasteiger charge is -2.08. The van der Waals surface area contributed by atoms with Crippen LogP contribution in [0.15, 0.2) is 24.3 Å². The van der Waals surface area contributed by atoms with Gasteiger partial charge in [-0.2, -0.15) is 11.8 Å². The van der Waals surface area contributed by atoms with Crippen LogP contribution in [0, 0.1) is 0 Å². The molecule has 0 aromatic heterocycles. The predicted octanol–water partition coefficient (Wildman–Crippen LogP) is 3.35. The van der Waals surface area contributed by atoms with Crippen LogP contribution in [-0.4, -0.2) is 16.3 Å². The van der Waals surface area contributed by atoms with Gasteiger partial charge in [0.1, 0.15) is 0 Å². The van der Waals surface area contributed by atoms with Crippen molar-refractivity contribution in [2.24, 2.45) is 0 Å². The Labute approximate surface area is 101 Å². The lowest BCUT2D eigenvalue weighted by atomic mass is 10.1. The Balaban J connectivity index is 2.48. The second kappa shape index (κ2) is 6.59. The molecule has 0 saturated heterocycles. The van der Waals surface area contributed by atoms with Crippen molar-refractivity contribution in [1.29, 1.82) is 0 Å². The summed E-state index contributed by atoms with van der Waals surface area (Å²) in [6.45, 7) is 4.41. The summed E-state index contributed by atoms with van der Waals surface area (Å²) in [4.78, 5) is 10.5. The van der Waals surface area contributed by atoms with Gasteiger partial charge >= 0.3 is 5.97 Å². The Morgan fingerprint density at radius 3 is 2.38 bits per heavy atom. The van der Waals surface area contributed by atoms with Gasteiger partial charge in [-0.15, -0.1) is 0 Å². The minimum atomic E-state index is -0.776. The average Bonchev–Trinajstić information content (AvgIpc) is 2.27. The van der Waals surface area contributed by atoms with E-state index in [1.165, 1.54) is 12.0 Å². The van der Waals surface area contributed by atoms with Gasteiger partial charge in [-0.05, 0) is 17.5 Å². The van der Waals surface area contributed by atoms with Gasteiger partial charge in [0.2, 0.25) is 0 Å². The third-order valence-electron chi connectivity index (χ3n) is 2.49. The summed E-state index contributed by atoms with van der Waals surface area (Å²) >= 11 is 1.93. The van der Waals surface area contributed by atoms with Crippen molar-refractivity contribution < 1.29 is 9.90 Å². The molecule has 1 unspecified atom stereocenters. The normalized spacial score (nSPS) is 12.4. The summed E-state index contributed by atoms with van der Waals surface area (Å²) in [6, 6.07) is 7.85. The van der Waals surface area contributed by atoms with Gasteiger partial charge in [-0.1, -0.05) is 38.1 Å². The minimum Gasteiger partial charge on any atom is -0.481 e. The Morgan fingerprint density at radius 1 is 1.31 bits per heavy atom. The first-order chi connectivity index (χ1) is 7.61. The number of hydrogen-bond acceptors (Lipinski definition) is 2. The van der Waals surface area contributed by atoms with E-state index in [-0.39, 0.29) is 6.42 Å². The summed E-state index contributed by atoms with van der Waals surface area (Å²) in [7, 11) is 0. The number of benzene rings is 1. The number of hydrogen-bond donors (Lipinski definition) is 1. The van der Waals surface area contributed by atoms with Gasteiger partial charge in [-0.3, -0.25) is 4.79 Å². The monoisotopic (exact) mass is 238 g/mol. The number of aliphatic carboxylic acids is 1. The molecule has 0 heterocycles. The highest BCUT2D eigenvalue weighted by Gasteiger charge is 2.02. The zero-order valence-corrected chi connectivity index (χ0v) is 10.6. The maximum Gasteiger partial charge on any atom is 0.307 e. The van der Waals surface area contributed by atoms with Crippen molar-refractivity contribution in [3.05, 3.63) is 35.4 Å². The van der Waals surface area contributed by atoms with Crippen LogP contribution in [0.3, 0.4) is 0 Å². The summed E-state index contributed by atoms with van der Waals surface area (Å²) in [5, 5.41) is 9.32. The standard InChI is InChI=1S/C13H18O2S/c1-3-10(2)16-9-12-6-4-11(5-7-12)8-13(14)15/h4-7,10H,3,8-9H2,1-2H3,(H,14,15). The summed E-state index contributed by atoms with van der Waals surface area (Å²) in [6.07, 6.45) is 1.29. The molecular formula is C13H18O2S. The van der Waals surface area contributed by atoms with E-state index in [1.807, 2.05) is 36.0 Å². The van der Waals surface area contributed by atoms with E-state index in [4.69, 9.17) is 5.11 Å². The van der Waals surface area contributed by atoms with Crippen LogP contribution in [0.25, 0.3) is 0 Å². The summed E-state index contributed by atoms with van der Waals surface area (Å²) in [5.74, 6) is 0.226. The lowest BCUT2D eigenvalue weighted by Crippen LogP contribution is -2.00. The topological polar surface area (TPSA) is 37.3 Å². The van der Waals surface area contributed by atoms with Crippen LogP contribution < -0.4 is 0 Å². The Kier molecular flexibility index (Phi) is 5.39. The maximum atomic E-state index is 10.5. The van der Waals surface area contributed by atoms with E-state index < -0.39 is 5.97 Å². The van der Waals surface area contributed by atoms with E-state index in [0.717, 1.165) is 11.3 Å². The number of rotatable bonds is 6. The number of carboxylic acids is 1. The lowest BCUT2D eigenvalue weighted by molar-refractivity contribution is -0.136. The predicted molar refractivity (Wildman–Crippen MR) is 68.8 cm³/mol. The van der Waals surface area contributed by atoms with Crippen molar-refractivity contribution in [1.82, 2.24) is 0 Å². The highest BCUT2D eigenvalue weighted by molar-refractivity contribution is 7.99.